The molecule has 1 unspecified atom stereocenters. The van der Waals surface area contributed by atoms with Crippen LogP contribution in [0.15, 0.2) is 76.8 Å². The van der Waals surface area contributed by atoms with Crippen molar-refractivity contribution in [2.24, 2.45) is 5.41 Å². The Morgan fingerprint density at radius 2 is 1.27 bits per heavy atom. The molecule has 0 N–H and O–H groups in total. The Morgan fingerprint density at radius 3 is 1.80 bits per heavy atom. The number of hydrogen-bond donors (Lipinski definition) is 0. The first-order valence-electron chi connectivity index (χ1n) is 15.0. The molecule has 1 heterocycles. The topological polar surface area (TPSA) is 17.8 Å². The second-order valence-corrected chi connectivity index (χ2v) is 12.6. The summed E-state index contributed by atoms with van der Waals surface area (Å²) in [5.74, 6) is 1.01. The molecule has 1 atom stereocenters. The van der Waals surface area contributed by atoms with Crippen LogP contribution in [0.3, 0.4) is 0 Å². The molecule has 0 spiro atoms. The van der Waals surface area contributed by atoms with E-state index < -0.39 is 0 Å². The van der Waals surface area contributed by atoms with Crippen LogP contribution in [-0.2, 0) is 5.41 Å². The fourth-order valence-corrected chi connectivity index (χ4v) is 6.21. The molecular formula is C37H52N2S. The average molecular weight is 557 g/mol. The van der Waals surface area contributed by atoms with Crippen LogP contribution < -0.4 is 0 Å². The number of rotatable bonds is 6. The standard InChI is InChI=1S/C33H40N2S.2C2H6/c1-10-33(9,32(6,7)8)29-16-15-27(36-26-13-11-22(2)12-14-26)21-28(29)31-34-17-18-35(31)30-24(4)19-23(3)20-25(30)5;2*1-2/h11-21H,10H2,1-9H3;2*1-2H3. The van der Waals surface area contributed by atoms with E-state index in [1.807, 2.05) is 45.7 Å². The van der Waals surface area contributed by atoms with Gasteiger partial charge in [0.1, 0.15) is 5.82 Å². The number of aryl methyl sites for hydroxylation is 4. The summed E-state index contributed by atoms with van der Waals surface area (Å²) in [7, 11) is 0. The Morgan fingerprint density at radius 1 is 0.725 bits per heavy atom. The van der Waals surface area contributed by atoms with Crippen LogP contribution >= 0.6 is 11.8 Å². The molecule has 0 radical (unpaired) electrons. The van der Waals surface area contributed by atoms with Crippen molar-refractivity contribution in [3.05, 3.63) is 94.8 Å². The Labute approximate surface area is 249 Å². The molecule has 2 nitrogen and oxygen atoms in total. The molecular weight excluding hydrogens is 504 g/mol. The molecule has 40 heavy (non-hydrogen) atoms. The van der Waals surface area contributed by atoms with Gasteiger partial charge in [0.15, 0.2) is 0 Å². The molecule has 216 valence electrons. The van der Waals surface area contributed by atoms with Crippen LogP contribution in [0.2, 0.25) is 0 Å². The van der Waals surface area contributed by atoms with Gasteiger partial charge in [0.2, 0.25) is 0 Å². The molecule has 0 saturated carbocycles. The van der Waals surface area contributed by atoms with Gasteiger partial charge in [-0.05, 0) is 85.9 Å². The lowest BCUT2D eigenvalue weighted by molar-refractivity contribution is 0.196. The van der Waals surface area contributed by atoms with Gasteiger partial charge in [-0.15, -0.1) is 0 Å². The monoisotopic (exact) mass is 556 g/mol. The Hall–Kier alpha value is -2.78. The maximum atomic E-state index is 4.97. The Kier molecular flexibility index (Phi) is 11.9. The van der Waals surface area contributed by atoms with Gasteiger partial charge in [-0.3, -0.25) is 4.57 Å². The summed E-state index contributed by atoms with van der Waals surface area (Å²) in [4.78, 5) is 7.46. The lowest BCUT2D eigenvalue weighted by Gasteiger charge is -2.43. The van der Waals surface area contributed by atoms with E-state index in [1.54, 1.807) is 0 Å². The van der Waals surface area contributed by atoms with E-state index in [9.17, 15) is 0 Å². The highest BCUT2D eigenvalue weighted by molar-refractivity contribution is 7.99. The first-order chi connectivity index (χ1) is 18.9. The minimum atomic E-state index is -0.0104. The molecule has 1 aromatic heterocycles. The van der Waals surface area contributed by atoms with Crippen molar-refractivity contribution in [2.75, 3.05) is 0 Å². The molecule has 0 amide bonds. The van der Waals surface area contributed by atoms with E-state index in [-0.39, 0.29) is 10.8 Å². The molecule has 4 aromatic rings. The summed E-state index contributed by atoms with van der Waals surface area (Å²) >= 11 is 1.82. The summed E-state index contributed by atoms with van der Waals surface area (Å²) in [6.07, 6.45) is 5.11. The molecule has 0 bridgehead atoms. The van der Waals surface area contributed by atoms with Crippen LogP contribution in [0, 0.1) is 33.1 Å². The molecule has 0 fully saturated rings. The van der Waals surface area contributed by atoms with Crippen LogP contribution in [-0.4, -0.2) is 9.55 Å². The average Bonchev–Trinajstić information content (AvgIpc) is 3.40. The van der Waals surface area contributed by atoms with Crippen molar-refractivity contribution in [1.82, 2.24) is 9.55 Å². The maximum absolute atomic E-state index is 4.97. The van der Waals surface area contributed by atoms with Gasteiger partial charge < -0.3 is 0 Å². The van der Waals surface area contributed by atoms with E-state index in [4.69, 9.17) is 4.98 Å². The van der Waals surface area contributed by atoms with Crippen LogP contribution in [0.4, 0.5) is 0 Å². The lowest BCUT2D eigenvalue weighted by atomic mass is 9.61. The third-order valence-corrected chi connectivity index (χ3v) is 8.96. The molecule has 0 saturated heterocycles. The van der Waals surface area contributed by atoms with Crippen molar-refractivity contribution in [3.63, 3.8) is 0 Å². The zero-order chi connectivity index (χ0) is 30.3. The molecule has 3 aromatic carbocycles. The van der Waals surface area contributed by atoms with Gasteiger partial charge in [0, 0.05) is 27.7 Å². The van der Waals surface area contributed by atoms with Crippen molar-refractivity contribution in [1.29, 1.82) is 0 Å². The maximum Gasteiger partial charge on any atom is 0.144 e. The molecule has 0 aliphatic heterocycles. The first kappa shape index (κ1) is 33.4. The lowest BCUT2D eigenvalue weighted by Crippen LogP contribution is -2.37. The van der Waals surface area contributed by atoms with Crippen molar-refractivity contribution < 1.29 is 0 Å². The zero-order valence-electron chi connectivity index (χ0n) is 27.4. The normalized spacial score (nSPS) is 12.5. The van der Waals surface area contributed by atoms with Gasteiger partial charge in [0.25, 0.3) is 0 Å². The third kappa shape index (κ3) is 7.10. The highest BCUT2D eigenvalue weighted by Gasteiger charge is 2.39. The molecule has 4 rings (SSSR count). The number of benzene rings is 3. The van der Waals surface area contributed by atoms with Crippen molar-refractivity contribution in [3.8, 4) is 17.1 Å². The van der Waals surface area contributed by atoms with Gasteiger partial charge in [-0.1, -0.05) is 116 Å². The van der Waals surface area contributed by atoms with Crippen LogP contribution in [0.5, 0.6) is 0 Å². The summed E-state index contributed by atoms with van der Waals surface area (Å²) in [6.45, 7) is 28.5. The molecule has 3 heteroatoms. The SMILES string of the molecule is CC.CC.CCC(C)(c1ccc(Sc2ccc(C)cc2)cc1-c1nccn1-c1c(C)cc(C)cc1C)C(C)(C)C. The minimum Gasteiger partial charge on any atom is -0.299 e. The number of imidazole rings is 1. The van der Waals surface area contributed by atoms with Crippen molar-refractivity contribution >= 4 is 11.8 Å². The van der Waals surface area contributed by atoms with E-state index in [2.05, 4.69) is 128 Å². The van der Waals surface area contributed by atoms with Gasteiger partial charge in [-0.2, -0.15) is 0 Å². The molecule has 0 aliphatic rings. The van der Waals surface area contributed by atoms with Gasteiger partial charge >= 0.3 is 0 Å². The summed E-state index contributed by atoms with van der Waals surface area (Å²) in [6, 6.07) is 20.3. The molecule has 0 aliphatic carbocycles. The number of aromatic nitrogens is 2. The quantitative estimate of drug-likeness (QED) is 0.235. The smallest absolute Gasteiger partial charge is 0.144 e. The highest BCUT2D eigenvalue weighted by atomic mass is 32.2. The second kappa shape index (κ2) is 14.2. The van der Waals surface area contributed by atoms with E-state index in [0.29, 0.717) is 0 Å². The largest absolute Gasteiger partial charge is 0.299 e. The van der Waals surface area contributed by atoms with E-state index in [0.717, 1.165) is 12.2 Å². The van der Waals surface area contributed by atoms with Crippen molar-refractivity contribution in [2.45, 2.75) is 112 Å². The minimum absolute atomic E-state index is 0.0104. The number of hydrogen-bond acceptors (Lipinski definition) is 2. The van der Waals surface area contributed by atoms with Gasteiger partial charge in [0.05, 0.1) is 5.69 Å². The first-order valence-corrected chi connectivity index (χ1v) is 15.8. The van der Waals surface area contributed by atoms with Crippen LogP contribution in [0.1, 0.15) is 96.6 Å². The van der Waals surface area contributed by atoms with Gasteiger partial charge in [-0.25, -0.2) is 4.98 Å². The zero-order valence-corrected chi connectivity index (χ0v) is 28.2. The fourth-order valence-electron chi connectivity index (χ4n) is 5.36. The third-order valence-electron chi connectivity index (χ3n) is 7.96. The Balaban J connectivity index is 0.00000134. The second-order valence-electron chi connectivity index (χ2n) is 11.4. The summed E-state index contributed by atoms with van der Waals surface area (Å²) in [5.41, 5.74) is 9.00. The highest BCUT2D eigenvalue weighted by Crippen LogP contribution is 2.48. The predicted molar refractivity (Wildman–Crippen MR) is 178 cm³/mol. The van der Waals surface area contributed by atoms with E-state index >= 15 is 0 Å². The predicted octanol–water partition coefficient (Wildman–Crippen LogP) is 11.7. The fraction of sp³-hybridized carbons (Fsp3) is 0.432. The Bertz CT molecular complexity index is 1350. The summed E-state index contributed by atoms with van der Waals surface area (Å²) < 4.78 is 2.29. The van der Waals surface area contributed by atoms with E-state index in [1.165, 1.54) is 48.9 Å². The number of nitrogens with zero attached hydrogens (tertiary/aromatic N) is 2. The van der Waals surface area contributed by atoms with Crippen LogP contribution in [0.25, 0.3) is 17.1 Å². The summed E-state index contributed by atoms with van der Waals surface area (Å²) in [5, 5.41) is 0.